The molecule has 8 heterocycles. The zero-order chi connectivity index (χ0) is 93.5. The summed E-state index contributed by atoms with van der Waals surface area (Å²) in [5.74, 6) is 4.11. The van der Waals surface area contributed by atoms with Crippen LogP contribution >= 0.6 is 0 Å². The first kappa shape index (κ1) is 88.4. The summed E-state index contributed by atoms with van der Waals surface area (Å²) >= 11 is 0. The van der Waals surface area contributed by atoms with E-state index >= 15 is 0 Å². The van der Waals surface area contributed by atoms with Gasteiger partial charge < -0.3 is 13.3 Å². The third kappa shape index (κ3) is 18.5. The van der Waals surface area contributed by atoms with Crippen molar-refractivity contribution in [3.05, 3.63) is 399 Å². The molecule has 0 spiro atoms. The summed E-state index contributed by atoms with van der Waals surface area (Å²) in [5, 5.41) is 13.0. The summed E-state index contributed by atoms with van der Waals surface area (Å²) < 4.78 is 18.2. The number of hydrogen-bond acceptors (Lipinski definition) is 13. The minimum Gasteiger partial charge on any atom is -0.438 e. The molecule has 0 amide bonds. The normalized spacial score (nSPS) is 12.0. The second-order valence-electron chi connectivity index (χ2n) is 39.5. The second-order valence-corrected chi connectivity index (χ2v) is 39.5. The SMILES string of the molecule is CC(C)(C)c1nc(-c2ccc(-c3ccccc3)cc2)c2c(n1)oc1ccccc12.CC(C)(C)c1nc(-c2cccc(-c3ccccc3)c2)c2c(n1)oc1ccccc12.CC(C)(C)c1nc(-c2cccc(-c3ccccc3)c2)c2ccc3ccccc3c2n1.CC(C)(C)c1nc(-c2ccccc2)c2c(n1)oc1ccccc12.CC(C)(C)c1nc(-c2ccccc2)c2ccc3ccccc3c2n1. The Labute approximate surface area is 787 Å². The average molecular weight is 1760 g/mol. The van der Waals surface area contributed by atoms with Crippen LogP contribution in [0.2, 0.25) is 0 Å². The minimum absolute atomic E-state index is 0.103. The van der Waals surface area contributed by atoms with Crippen LogP contribution in [0.3, 0.4) is 0 Å². The van der Waals surface area contributed by atoms with E-state index in [-0.39, 0.29) is 27.1 Å². The highest BCUT2D eigenvalue weighted by atomic mass is 16.3. The van der Waals surface area contributed by atoms with Crippen LogP contribution in [-0.2, 0) is 27.1 Å². The summed E-state index contributed by atoms with van der Waals surface area (Å²) in [4.78, 5) is 49.1. The zero-order valence-corrected chi connectivity index (χ0v) is 78.9. The van der Waals surface area contributed by atoms with Crippen molar-refractivity contribution in [1.29, 1.82) is 0 Å². The van der Waals surface area contributed by atoms with Crippen molar-refractivity contribution in [3.8, 4) is 89.7 Å². The Kier molecular flexibility index (Phi) is 23.8. The molecule has 0 unspecified atom stereocenters. The molecule has 0 saturated carbocycles. The number of benzene rings is 15. The Balaban J connectivity index is 0.000000109. The fourth-order valence-corrected chi connectivity index (χ4v) is 16.9. The highest BCUT2D eigenvalue weighted by Gasteiger charge is 2.30. The van der Waals surface area contributed by atoms with E-state index < -0.39 is 0 Å². The van der Waals surface area contributed by atoms with Gasteiger partial charge in [-0.3, -0.25) is 0 Å². The van der Waals surface area contributed by atoms with Gasteiger partial charge in [-0.25, -0.2) is 34.9 Å². The smallest absolute Gasteiger partial charge is 0.231 e. The third-order valence-electron chi connectivity index (χ3n) is 24.1. The number of nitrogens with zero attached hydrogens (tertiary/aromatic N) is 10. The third-order valence-corrected chi connectivity index (χ3v) is 24.1. The molecule has 0 radical (unpaired) electrons. The summed E-state index contributed by atoms with van der Waals surface area (Å²) in [6, 6.07) is 127. The summed E-state index contributed by atoms with van der Waals surface area (Å²) in [5.41, 5.74) is 23.2. The molecule has 0 aliphatic rings. The number of furan rings is 3. The van der Waals surface area contributed by atoms with Crippen LogP contribution in [0, 0.1) is 0 Å². The van der Waals surface area contributed by atoms with Gasteiger partial charge in [0.25, 0.3) is 0 Å². The number of rotatable bonds is 8. The van der Waals surface area contributed by atoms with E-state index in [1.54, 1.807) is 0 Å². The van der Waals surface area contributed by atoms with Gasteiger partial charge in [0.1, 0.15) is 45.9 Å². The summed E-state index contributed by atoms with van der Waals surface area (Å²) in [7, 11) is 0. The Hall–Kier alpha value is -15.9. The second kappa shape index (κ2) is 36.4. The van der Waals surface area contributed by atoms with Crippen molar-refractivity contribution in [2.24, 2.45) is 0 Å². The van der Waals surface area contributed by atoms with Crippen LogP contribution in [-0.4, -0.2) is 49.8 Å². The molecule has 0 aliphatic heterocycles. The number of para-hydroxylation sites is 3. The standard InChI is InChI=1S/C28H24N2.2C26H22N2O.C22H20N2.C20H18N2O/c1-28(2,3)27-29-25(22-14-9-13-21(18-22)19-10-5-4-6-11-19)24-17-16-20-12-7-8-15-23(20)26(24)30-27;1-26(2,3)25-27-23(22-20-14-7-8-15-21(20)29-24(22)28-25)19-13-9-12-18(16-19)17-10-5-4-6-11-17;1-26(2,3)25-27-23(22-20-11-7-8-12-21(20)29-24(22)28-25)19-15-13-18(14-16-19)17-9-5-4-6-10-17;1-22(2,3)21-23-19(16-10-5-4-6-11-16)18-14-13-15-9-7-8-12-17(15)20(18)24-21;1-20(2,3)19-21-17(13-9-5-4-6-10-13)16-14-11-7-8-12-15(14)23-18(16)22-19/h4-18H,1-3H3;2*4-16H,1-3H3;4-14H,1-3H3;4-12H,1-3H3. The van der Waals surface area contributed by atoms with Crippen LogP contribution < -0.4 is 0 Å². The lowest BCUT2D eigenvalue weighted by atomic mass is 9.93. The maximum atomic E-state index is 6.11. The Morgan fingerprint density at radius 3 is 0.741 bits per heavy atom. The van der Waals surface area contributed by atoms with E-state index in [0.717, 1.165) is 156 Å². The van der Waals surface area contributed by atoms with Crippen LogP contribution in [0.15, 0.2) is 383 Å². The largest absolute Gasteiger partial charge is 0.438 e. The minimum atomic E-state index is -0.182. The topological polar surface area (TPSA) is 168 Å². The van der Waals surface area contributed by atoms with Crippen LogP contribution in [0.1, 0.15) is 133 Å². The van der Waals surface area contributed by atoms with E-state index in [0.29, 0.717) is 17.1 Å². The van der Waals surface area contributed by atoms with Gasteiger partial charge >= 0.3 is 0 Å². The maximum Gasteiger partial charge on any atom is 0.231 e. The van der Waals surface area contributed by atoms with E-state index in [2.05, 4.69) is 377 Å². The lowest BCUT2D eigenvalue weighted by Crippen LogP contribution is -2.16. The molecule has 13 heteroatoms. The summed E-state index contributed by atoms with van der Waals surface area (Å²) in [6.07, 6.45) is 0. The molecule has 0 saturated heterocycles. The molecule has 0 aliphatic carbocycles. The molecular formula is C122H106N10O3. The highest BCUT2D eigenvalue weighted by Crippen LogP contribution is 2.44. The van der Waals surface area contributed by atoms with Crippen LogP contribution in [0.4, 0.5) is 0 Å². The Morgan fingerprint density at radius 2 is 0.393 bits per heavy atom. The first-order valence-electron chi connectivity index (χ1n) is 46.2. The van der Waals surface area contributed by atoms with Crippen LogP contribution in [0.25, 0.3) is 199 Å². The van der Waals surface area contributed by atoms with Crippen molar-refractivity contribution in [3.63, 3.8) is 0 Å². The van der Waals surface area contributed by atoms with E-state index in [1.165, 1.54) is 54.9 Å². The molecule has 0 fully saturated rings. The Bertz CT molecular complexity index is 8290. The zero-order valence-electron chi connectivity index (χ0n) is 78.9. The number of fused-ring (bicyclic) bond motifs is 15. The van der Waals surface area contributed by atoms with Gasteiger partial charge in [0, 0.05) is 92.6 Å². The van der Waals surface area contributed by atoms with Gasteiger partial charge in [0.15, 0.2) is 0 Å². The average Bonchev–Trinajstić information content (AvgIpc) is 1.29. The molecule has 0 N–H and O–H groups in total. The molecule has 0 bridgehead atoms. The number of hydrogen-bond donors (Lipinski definition) is 0. The number of aromatic nitrogens is 10. The van der Waals surface area contributed by atoms with E-state index in [9.17, 15) is 0 Å². The Morgan fingerprint density at radius 1 is 0.163 bits per heavy atom. The van der Waals surface area contributed by atoms with Crippen molar-refractivity contribution < 1.29 is 13.3 Å². The quantitative estimate of drug-likeness (QED) is 0.132. The van der Waals surface area contributed by atoms with Gasteiger partial charge in [-0.15, -0.1) is 0 Å². The molecule has 15 aromatic carbocycles. The first-order valence-corrected chi connectivity index (χ1v) is 46.2. The van der Waals surface area contributed by atoms with Crippen molar-refractivity contribution in [2.75, 3.05) is 0 Å². The summed E-state index contributed by atoms with van der Waals surface area (Å²) in [6.45, 7) is 32.1. The molecule has 135 heavy (non-hydrogen) atoms. The lowest BCUT2D eigenvalue weighted by molar-refractivity contribution is 0.540. The molecule has 8 aromatic heterocycles. The highest BCUT2D eigenvalue weighted by molar-refractivity contribution is 6.14. The fourth-order valence-electron chi connectivity index (χ4n) is 16.9. The molecule has 0 atom stereocenters. The maximum absolute atomic E-state index is 6.11. The van der Waals surface area contributed by atoms with Crippen molar-refractivity contribution in [1.82, 2.24) is 49.8 Å². The predicted molar refractivity (Wildman–Crippen MR) is 559 cm³/mol. The molecule has 23 aromatic rings. The molecule has 13 nitrogen and oxygen atoms in total. The van der Waals surface area contributed by atoms with Crippen LogP contribution in [0.5, 0.6) is 0 Å². The lowest BCUT2D eigenvalue weighted by Gasteiger charge is -2.19. The van der Waals surface area contributed by atoms with Gasteiger partial charge in [0.2, 0.25) is 17.1 Å². The van der Waals surface area contributed by atoms with E-state index in [1.807, 2.05) is 97.1 Å². The van der Waals surface area contributed by atoms with Gasteiger partial charge in [-0.2, -0.15) is 15.0 Å². The van der Waals surface area contributed by atoms with Crippen molar-refractivity contribution >= 4 is 110 Å². The van der Waals surface area contributed by atoms with E-state index in [4.69, 9.17) is 63.1 Å². The monoisotopic (exact) mass is 1760 g/mol. The van der Waals surface area contributed by atoms with Crippen molar-refractivity contribution in [2.45, 2.75) is 131 Å². The fraction of sp³-hybridized carbons (Fsp3) is 0.164. The van der Waals surface area contributed by atoms with Gasteiger partial charge in [-0.05, 0) is 86.6 Å². The van der Waals surface area contributed by atoms with Gasteiger partial charge in [0.05, 0.1) is 55.7 Å². The molecule has 23 rings (SSSR count). The molecule has 662 valence electrons. The first-order chi connectivity index (χ1) is 65.1. The van der Waals surface area contributed by atoms with Gasteiger partial charge in [-0.1, -0.05) is 431 Å². The predicted octanol–water partition coefficient (Wildman–Crippen LogP) is 32.5. The molecular weight excluding hydrogens is 1650 g/mol.